The van der Waals surface area contributed by atoms with Crippen molar-refractivity contribution >= 4 is 38.5 Å². The highest BCUT2D eigenvalue weighted by Gasteiger charge is 2.05. The van der Waals surface area contributed by atoms with E-state index in [0.29, 0.717) is 0 Å². The number of hydrogen-bond acceptors (Lipinski definition) is 2. The van der Waals surface area contributed by atoms with Gasteiger partial charge in [0.2, 0.25) is 0 Å². The van der Waals surface area contributed by atoms with Gasteiger partial charge in [0.1, 0.15) is 0 Å². The third-order valence-corrected chi connectivity index (χ3v) is 3.06. The summed E-state index contributed by atoms with van der Waals surface area (Å²) >= 11 is 5.58. The number of nitrogens with zero attached hydrogens (tertiary/aromatic N) is 2. The van der Waals surface area contributed by atoms with E-state index in [9.17, 15) is 5.11 Å². The maximum atomic E-state index is 9.25. The van der Waals surface area contributed by atoms with E-state index in [0.717, 1.165) is 19.3 Å². The Bertz CT molecular complexity index is 484. The monoisotopic (exact) mass is 378 g/mol. The van der Waals surface area contributed by atoms with E-state index >= 15 is 0 Å². The predicted octanol–water partition coefficient (Wildman–Crippen LogP) is 2.73. The number of aliphatic hydroxyl groups is 1. The molecule has 78 valence electrons. The smallest absolute Gasteiger partial charge is 0.0703 e. The summed E-state index contributed by atoms with van der Waals surface area (Å²) in [5.41, 5.74) is 1.76. The fourth-order valence-corrected chi connectivity index (χ4v) is 2.13. The molecule has 2 rings (SSSR count). The normalized spacial score (nSPS) is 10.6. The minimum atomic E-state index is 0.00517. The Morgan fingerprint density at radius 3 is 2.87 bits per heavy atom. The minimum Gasteiger partial charge on any atom is -0.392 e. The predicted molar refractivity (Wildman–Crippen MR) is 69.9 cm³/mol. The van der Waals surface area contributed by atoms with Gasteiger partial charge in [-0.1, -0.05) is 15.9 Å². The van der Waals surface area contributed by atoms with Crippen molar-refractivity contribution in [3.8, 4) is 5.69 Å². The minimum absolute atomic E-state index is 0.00517. The lowest BCUT2D eigenvalue weighted by atomic mass is 10.2. The molecule has 0 saturated carbocycles. The zero-order valence-electron chi connectivity index (χ0n) is 7.69. The topological polar surface area (TPSA) is 38.0 Å². The largest absolute Gasteiger partial charge is 0.392 e. The first-order chi connectivity index (χ1) is 7.20. The lowest BCUT2D eigenvalue weighted by molar-refractivity contribution is 0.281. The Labute approximate surface area is 109 Å². The van der Waals surface area contributed by atoms with Crippen LogP contribution < -0.4 is 0 Å². The Hall–Kier alpha value is -0.400. The molecule has 0 saturated heterocycles. The van der Waals surface area contributed by atoms with Crippen molar-refractivity contribution in [2.24, 2.45) is 0 Å². The second-order valence-corrected chi connectivity index (χ2v) is 5.20. The second-order valence-electron chi connectivity index (χ2n) is 3.03. The summed E-state index contributed by atoms with van der Waals surface area (Å²) in [5.74, 6) is 0. The Kier molecular flexibility index (Phi) is 3.42. The molecule has 0 spiro atoms. The second kappa shape index (κ2) is 4.63. The molecule has 1 aromatic heterocycles. The lowest BCUT2D eigenvalue weighted by Crippen LogP contribution is -1.99. The number of aliphatic hydroxyl groups excluding tert-OH is 1. The molecular formula is C10H8BrIN2O. The van der Waals surface area contributed by atoms with E-state index in [1.54, 1.807) is 10.9 Å². The van der Waals surface area contributed by atoms with E-state index in [2.05, 4.69) is 43.6 Å². The van der Waals surface area contributed by atoms with Crippen molar-refractivity contribution in [3.63, 3.8) is 0 Å². The van der Waals surface area contributed by atoms with Gasteiger partial charge in [0.05, 0.1) is 22.1 Å². The maximum Gasteiger partial charge on any atom is 0.0703 e. The molecule has 1 heterocycles. The summed E-state index contributed by atoms with van der Waals surface area (Å²) in [4.78, 5) is 0. The lowest BCUT2D eigenvalue weighted by Gasteiger charge is -2.07. The van der Waals surface area contributed by atoms with Crippen LogP contribution in [-0.4, -0.2) is 14.9 Å². The van der Waals surface area contributed by atoms with E-state index in [1.165, 1.54) is 0 Å². The van der Waals surface area contributed by atoms with Crippen molar-refractivity contribution in [3.05, 3.63) is 44.2 Å². The van der Waals surface area contributed by atoms with Crippen molar-refractivity contribution in [2.45, 2.75) is 6.61 Å². The Balaban J connectivity index is 2.52. The first kappa shape index (κ1) is 11.1. The summed E-state index contributed by atoms with van der Waals surface area (Å²) in [5, 5.41) is 13.5. The van der Waals surface area contributed by atoms with E-state index in [1.807, 2.05) is 24.4 Å². The molecular weight excluding hydrogens is 371 g/mol. The molecule has 5 heteroatoms. The molecule has 0 bridgehead atoms. The SMILES string of the molecule is OCc1cc(Br)ccc1-n1cc(I)cn1. The van der Waals surface area contributed by atoms with Crippen LogP contribution >= 0.6 is 38.5 Å². The van der Waals surface area contributed by atoms with Gasteiger partial charge in [-0.3, -0.25) is 0 Å². The third kappa shape index (κ3) is 2.40. The fraction of sp³-hybridized carbons (Fsp3) is 0.100. The van der Waals surface area contributed by atoms with Gasteiger partial charge in [-0.15, -0.1) is 0 Å². The van der Waals surface area contributed by atoms with Crippen LogP contribution in [0.25, 0.3) is 5.69 Å². The summed E-state index contributed by atoms with van der Waals surface area (Å²) in [6.45, 7) is 0.00517. The number of halogens is 2. The molecule has 0 amide bonds. The molecule has 0 radical (unpaired) electrons. The first-order valence-corrected chi connectivity index (χ1v) is 6.17. The summed E-state index contributed by atoms with van der Waals surface area (Å²) in [7, 11) is 0. The number of rotatable bonds is 2. The fourth-order valence-electron chi connectivity index (χ4n) is 1.34. The number of aromatic nitrogens is 2. The number of benzene rings is 1. The molecule has 0 fully saturated rings. The molecule has 0 aliphatic rings. The van der Waals surface area contributed by atoms with Crippen molar-refractivity contribution < 1.29 is 5.11 Å². The average Bonchev–Trinajstić information content (AvgIpc) is 2.64. The zero-order chi connectivity index (χ0) is 10.8. The molecule has 0 atom stereocenters. The molecule has 3 nitrogen and oxygen atoms in total. The van der Waals surface area contributed by atoms with Gasteiger partial charge in [0.15, 0.2) is 0 Å². The van der Waals surface area contributed by atoms with Crippen molar-refractivity contribution in [1.82, 2.24) is 9.78 Å². The van der Waals surface area contributed by atoms with Crippen molar-refractivity contribution in [1.29, 1.82) is 0 Å². The molecule has 15 heavy (non-hydrogen) atoms. The number of hydrogen-bond donors (Lipinski definition) is 1. The zero-order valence-corrected chi connectivity index (χ0v) is 11.4. The molecule has 0 aliphatic carbocycles. The van der Waals surface area contributed by atoms with Gasteiger partial charge >= 0.3 is 0 Å². The third-order valence-electron chi connectivity index (χ3n) is 2.01. The highest BCUT2D eigenvalue weighted by molar-refractivity contribution is 14.1. The van der Waals surface area contributed by atoms with Gasteiger partial charge in [-0.2, -0.15) is 5.10 Å². The van der Waals surface area contributed by atoms with Crippen LogP contribution in [0.15, 0.2) is 35.1 Å². The highest BCUT2D eigenvalue weighted by Crippen LogP contribution is 2.20. The summed E-state index contributed by atoms with van der Waals surface area (Å²) in [6.07, 6.45) is 3.70. The van der Waals surface area contributed by atoms with E-state index in [-0.39, 0.29) is 6.61 Å². The molecule has 2 aromatic rings. The Morgan fingerprint density at radius 2 is 2.27 bits per heavy atom. The van der Waals surface area contributed by atoms with E-state index < -0.39 is 0 Å². The molecule has 1 aromatic carbocycles. The summed E-state index contributed by atoms with van der Waals surface area (Å²) < 4.78 is 3.79. The Morgan fingerprint density at radius 1 is 1.47 bits per heavy atom. The van der Waals surface area contributed by atoms with Crippen LogP contribution in [0, 0.1) is 3.57 Å². The average molecular weight is 379 g/mol. The van der Waals surface area contributed by atoms with Gasteiger partial charge < -0.3 is 5.11 Å². The van der Waals surface area contributed by atoms with Gasteiger partial charge in [-0.05, 0) is 40.8 Å². The van der Waals surface area contributed by atoms with Crippen LogP contribution in [0.2, 0.25) is 0 Å². The quantitative estimate of drug-likeness (QED) is 0.816. The van der Waals surface area contributed by atoms with Crippen molar-refractivity contribution in [2.75, 3.05) is 0 Å². The van der Waals surface area contributed by atoms with Crippen LogP contribution in [0.4, 0.5) is 0 Å². The van der Waals surface area contributed by atoms with Gasteiger partial charge in [0, 0.05) is 16.2 Å². The molecule has 1 N–H and O–H groups in total. The van der Waals surface area contributed by atoms with Crippen LogP contribution in [0.3, 0.4) is 0 Å². The maximum absolute atomic E-state index is 9.25. The van der Waals surface area contributed by atoms with Gasteiger partial charge in [0.25, 0.3) is 0 Å². The molecule has 0 unspecified atom stereocenters. The first-order valence-electron chi connectivity index (χ1n) is 4.30. The standard InChI is InChI=1S/C10H8BrIN2O/c11-8-1-2-10(7(3-8)6-15)14-5-9(12)4-13-14/h1-5,15H,6H2. The van der Waals surface area contributed by atoms with E-state index in [4.69, 9.17) is 0 Å². The van der Waals surface area contributed by atoms with Gasteiger partial charge in [-0.25, -0.2) is 4.68 Å². The molecule has 0 aliphatic heterocycles. The van der Waals surface area contributed by atoms with Crippen LogP contribution in [0.1, 0.15) is 5.56 Å². The van der Waals surface area contributed by atoms with Crippen LogP contribution in [0.5, 0.6) is 0 Å². The highest BCUT2D eigenvalue weighted by atomic mass is 127. The summed E-state index contributed by atoms with van der Waals surface area (Å²) in [6, 6.07) is 5.76. The van der Waals surface area contributed by atoms with Crippen LogP contribution in [-0.2, 0) is 6.61 Å².